The van der Waals surface area contributed by atoms with Crippen molar-refractivity contribution in [2.24, 2.45) is 0 Å². The van der Waals surface area contributed by atoms with Gasteiger partial charge in [-0.25, -0.2) is 0 Å². The Morgan fingerprint density at radius 3 is 2.64 bits per heavy atom. The van der Waals surface area contributed by atoms with Crippen molar-refractivity contribution in [3.8, 4) is 17.3 Å². The van der Waals surface area contributed by atoms with Crippen LogP contribution >= 0.6 is 0 Å². The summed E-state index contributed by atoms with van der Waals surface area (Å²) in [6, 6.07) is 20.6. The van der Waals surface area contributed by atoms with Crippen LogP contribution in [-0.2, 0) is 6.42 Å². The van der Waals surface area contributed by atoms with Crippen LogP contribution in [0.5, 0.6) is 5.75 Å². The summed E-state index contributed by atoms with van der Waals surface area (Å²) < 4.78 is 15.9. The van der Waals surface area contributed by atoms with Crippen molar-refractivity contribution in [2.75, 3.05) is 12.4 Å². The van der Waals surface area contributed by atoms with E-state index in [1.165, 1.54) is 6.26 Å². The smallest absolute Gasteiger partial charge is 0.277 e. The fraction of sp³-hybridized carbons (Fsp3) is 0.0909. The molecular weight excluding hydrogens is 356 g/mol. The molecule has 0 saturated carbocycles. The molecule has 4 aromatic rings. The molecule has 0 aliphatic carbocycles. The molecule has 0 saturated heterocycles. The highest BCUT2D eigenvalue weighted by molar-refractivity contribution is 6.03. The zero-order valence-electron chi connectivity index (χ0n) is 15.2. The second kappa shape index (κ2) is 7.84. The van der Waals surface area contributed by atoms with Crippen LogP contribution < -0.4 is 10.1 Å². The number of anilines is 1. The number of hydrogen-bond acceptors (Lipinski definition) is 5. The first-order chi connectivity index (χ1) is 13.7. The Kier molecular flexibility index (Phi) is 4.93. The lowest BCUT2D eigenvalue weighted by Crippen LogP contribution is -2.12. The largest absolute Gasteiger partial charge is 0.496 e. The first kappa shape index (κ1) is 17.6. The second-order valence-corrected chi connectivity index (χ2v) is 6.20. The summed E-state index contributed by atoms with van der Waals surface area (Å²) in [6.07, 6.45) is 2.23. The Morgan fingerprint density at radius 1 is 1.04 bits per heavy atom. The number of methoxy groups -OCH3 is 1. The van der Waals surface area contributed by atoms with E-state index < -0.39 is 0 Å². The minimum absolute atomic E-state index is 0.173. The number of carbonyl (C=O) groups excluding carboxylic acids is 1. The van der Waals surface area contributed by atoms with E-state index in [2.05, 4.69) is 22.6 Å². The van der Waals surface area contributed by atoms with Gasteiger partial charge in [0.05, 0.1) is 13.4 Å². The van der Waals surface area contributed by atoms with Crippen LogP contribution in [0.3, 0.4) is 0 Å². The lowest BCUT2D eigenvalue weighted by Gasteiger charge is -2.11. The van der Waals surface area contributed by atoms with Crippen molar-refractivity contribution < 1.29 is 18.5 Å². The van der Waals surface area contributed by atoms with E-state index in [0.717, 1.165) is 16.9 Å². The molecule has 2 aromatic heterocycles. The van der Waals surface area contributed by atoms with Crippen LogP contribution in [0.1, 0.15) is 21.6 Å². The Balaban J connectivity index is 1.53. The van der Waals surface area contributed by atoms with E-state index in [4.69, 9.17) is 13.7 Å². The quantitative estimate of drug-likeness (QED) is 0.525. The first-order valence-electron chi connectivity index (χ1n) is 8.76. The summed E-state index contributed by atoms with van der Waals surface area (Å²) >= 11 is 0. The Hall–Kier alpha value is -3.80. The van der Waals surface area contributed by atoms with Crippen molar-refractivity contribution in [3.05, 3.63) is 89.8 Å². The highest BCUT2D eigenvalue weighted by atomic mass is 16.5. The van der Waals surface area contributed by atoms with Gasteiger partial charge in [-0.15, -0.1) is 0 Å². The summed E-state index contributed by atoms with van der Waals surface area (Å²) in [5.74, 6) is 1.32. The van der Waals surface area contributed by atoms with Crippen LogP contribution in [0.2, 0.25) is 0 Å². The predicted molar refractivity (Wildman–Crippen MR) is 104 cm³/mol. The van der Waals surface area contributed by atoms with Crippen LogP contribution in [0.4, 0.5) is 5.69 Å². The summed E-state index contributed by atoms with van der Waals surface area (Å²) in [4.78, 5) is 12.5. The van der Waals surface area contributed by atoms with Gasteiger partial charge in [0, 0.05) is 23.7 Å². The maximum absolute atomic E-state index is 12.5. The normalized spacial score (nSPS) is 10.6. The van der Waals surface area contributed by atoms with Gasteiger partial charge >= 0.3 is 0 Å². The number of hydrogen-bond donors (Lipinski definition) is 1. The van der Waals surface area contributed by atoms with Gasteiger partial charge in [0.2, 0.25) is 5.76 Å². The van der Waals surface area contributed by atoms with Crippen molar-refractivity contribution in [3.63, 3.8) is 0 Å². The molecule has 2 heterocycles. The Bertz CT molecular complexity index is 1070. The van der Waals surface area contributed by atoms with Gasteiger partial charge in [-0.3, -0.25) is 4.79 Å². The average Bonchev–Trinajstić information content (AvgIpc) is 3.41. The molecule has 0 bridgehead atoms. The highest BCUT2D eigenvalue weighted by Crippen LogP contribution is 2.26. The molecule has 0 fully saturated rings. The highest BCUT2D eigenvalue weighted by Gasteiger charge is 2.16. The minimum Gasteiger partial charge on any atom is -0.496 e. The molecule has 6 nitrogen and oxygen atoms in total. The van der Waals surface area contributed by atoms with E-state index in [-0.39, 0.29) is 11.6 Å². The second-order valence-electron chi connectivity index (χ2n) is 6.20. The molecule has 2 aromatic carbocycles. The molecule has 6 heteroatoms. The number of nitrogens with zero attached hydrogens (tertiary/aromatic N) is 1. The molecule has 28 heavy (non-hydrogen) atoms. The monoisotopic (exact) mass is 374 g/mol. The molecule has 0 spiro atoms. The number of ether oxygens (including phenoxy) is 1. The van der Waals surface area contributed by atoms with Gasteiger partial charge in [-0.1, -0.05) is 35.5 Å². The molecule has 4 rings (SSSR count). The van der Waals surface area contributed by atoms with E-state index in [1.807, 2.05) is 30.3 Å². The standard InChI is InChI=1S/C22H18N2O4/c1-26-19-10-9-17(13-16(19)12-15-6-3-2-4-7-15)23-22(25)18-14-21(28-24-18)20-8-5-11-27-20/h2-11,13-14H,12H2,1H3,(H,23,25). The number of furan rings is 1. The summed E-state index contributed by atoms with van der Waals surface area (Å²) in [5.41, 5.74) is 2.96. The Labute approximate surface area is 161 Å². The third kappa shape index (κ3) is 3.81. The van der Waals surface area contributed by atoms with E-state index in [0.29, 0.717) is 23.6 Å². The maximum Gasteiger partial charge on any atom is 0.277 e. The molecule has 0 aliphatic rings. The number of nitrogens with one attached hydrogen (secondary N) is 1. The van der Waals surface area contributed by atoms with E-state index in [1.54, 1.807) is 31.4 Å². The van der Waals surface area contributed by atoms with Gasteiger partial charge < -0.3 is 19.0 Å². The van der Waals surface area contributed by atoms with Gasteiger partial charge in [-0.2, -0.15) is 0 Å². The van der Waals surface area contributed by atoms with Crippen LogP contribution in [-0.4, -0.2) is 18.2 Å². The molecule has 0 atom stereocenters. The van der Waals surface area contributed by atoms with E-state index in [9.17, 15) is 4.79 Å². The zero-order chi connectivity index (χ0) is 19.3. The van der Waals surface area contributed by atoms with Crippen molar-refractivity contribution in [2.45, 2.75) is 6.42 Å². The van der Waals surface area contributed by atoms with Gasteiger partial charge in [0.25, 0.3) is 5.91 Å². The van der Waals surface area contributed by atoms with E-state index >= 15 is 0 Å². The van der Waals surface area contributed by atoms with Crippen LogP contribution in [0, 0.1) is 0 Å². The van der Waals surface area contributed by atoms with Gasteiger partial charge in [0.15, 0.2) is 11.5 Å². The van der Waals surface area contributed by atoms with Crippen LogP contribution in [0.25, 0.3) is 11.5 Å². The predicted octanol–water partition coefficient (Wildman–Crippen LogP) is 4.79. The average molecular weight is 374 g/mol. The molecule has 1 N–H and O–H groups in total. The van der Waals surface area contributed by atoms with Crippen LogP contribution in [0.15, 0.2) is 81.9 Å². The third-order valence-electron chi connectivity index (χ3n) is 4.28. The fourth-order valence-corrected chi connectivity index (χ4v) is 2.92. The SMILES string of the molecule is COc1ccc(NC(=O)c2cc(-c3ccco3)on2)cc1Cc1ccccc1. The zero-order valence-corrected chi connectivity index (χ0v) is 15.2. The molecule has 0 aliphatic heterocycles. The van der Waals surface area contributed by atoms with Crippen molar-refractivity contribution in [1.82, 2.24) is 5.16 Å². The molecule has 1 amide bonds. The number of aromatic nitrogens is 1. The molecule has 0 unspecified atom stereocenters. The molecule has 140 valence electrons. The summed E-state index contributed by atoms with van der Waals surface area (Å²) in [5, 5.41) is 6.67. The lowest BCUT2D eigenvalue weighted by atomic mass is 10.0. The fourth-order valence-electron chi connectivity index (χ4n) is 2.92. The van der Waals surface area contributed by atoms with Gasteiger partial charge in [0.1, 0.15) is 5.75 Å². The number of carbonyl (C=O) groups is 1. The number of amides is 1. The number of rotatable bonds is 6. The van der Waals surface area contributed by atoms with Gasteiger partial charge in [-0.05, 0) is 35.9 Å². The maximum atomic E-state index is 12.5. The summed E-state index contributed by atoms with van der Waals surface area (Å²) in [6.45, 7) is 0. The van der Waals surface area contributed by atoms with Crippen molar-refractivity contribution in [1.29, 1.82) is 0 Å². The summed E-state index contributed by atoms with van der Waals surface area (Å²) in [7, 11) is 1.63. The lowest BCUT2D eigenvalue weighted by molar-refractivity contribution is 0.101. The van der Waals surface area contributed by atoms with Crippen molar-refractivity contribution >= 4 is 11.6 Å². The minimum atomic E-state index is -0.364. The Morgan fingerprint density at radius 2 is 1.89 bits per heavy atom. The first-order valence-corrected chi connectivity index (χ1v) is 8.76. The molecular formula is C22H18N2O4. The topological polar surface area (TPSA) is 77.5 Å². The molecule has 0 radical (unpaired) electrons. The third-order valence-corrected chi connectivity index (χ3v) is 4.28. The number of benzene rings is 2.